The molecule has 7 nitrogen and oxygen atoms in total. The van der Waals surface area contributed by atoms with Crippen molar-refractivity contribution < 1.29 is 19.4 Å². The number of nitrogens with two attached hydrogens (primary N) is 1. The SMILES string of the molecule is C=C1C[C@@]2(CC[C@H](CC[C@@]3(O)CCC[C@H](O)C3)C2)[C@@H]2O[C@]2(C)CC[C@@H]2[C@@H]1C[C@]2(C)[C@@H]1CC[C@H](CNC(N)=NC[C@H](CCc2ccccc2)c2cccc3cocc23)C1. The number of furan rings is 1. The van der Waals surface area contributed by atoms with Crippen LogP contribution in [0.5, 0.6) is 0 Å². The van der Waals surface area contributed by atoms with Crippen molar-refractivity contribution in [3.63, 3.8) is 0 Å². The van der Waals surface area contributed by atoms with Gasteiger partial charge in [-0.3, -0.25) is 4.99 Å². The summed E-state index contributed by atoms with van der Waals surface area (Å²) in [6, 6.07) is 17.2. The fraction of sp³-hybridized carbons (Fsp3) is 0.667. The van der Waals surface area contributed by atoms with Gasteiger partial charge >= 0.3 is 0 Å². The van der Waals surface area contributed by atoms with Gasteiger partial charge in [0.05, 0.1) is 35.9 Å². The van der Waals surface area contributed by atoms with Gasteiger partial charge in [-0.2, -0.15) is 0 Å². The summed E-state index contributed by atoms with van der Waals surface area (Å²) in [6.07, 6.45) is 23.1. The minimum absolute atomic E-state index is 0.00315. The van der Waals surface area contributed by atoms with Gasteiger partial charge in [-0.05, 0) is 162 Å². The summed E-state index contributed by atoms with van der Waals surface area (Å²) in [5.74, 6) is 4.12. The number of benzene rings is 2. The van der Waals surface area contributed by atoms with E-state index in [0.717, 1.165) is 75.6 Å². The number of aliphatic hydroxyl groups is 2. The number of aryl methyl sites for hydroxylation is 1. The largest absolute Gasteiger partial charge is 0.471 e. The van der Waals surface area contributed by atoms with Crippen molar-refractivity contribution in [3.8, 4) is 0 Å². The first kappa shape index (κ1) is 40.3. The van der Waals surface area contributed by atoms with Crippen LogP contribution in [0.15, 0.2) is 82.6 Å². The molecule has 12 atom stereocenters. The lowest BCUT2D eigenvalue weighted by atomic mass is 9.46. The second-order valence-corrected chi connectivity index (χ2v) is 21.0. The summed E-state index contributed by atoms with van der Waals surface area (Å²) in [7, 11) is 0. The molecule has 0 unspecified atom stereocenters. The van der Waals surface area contributed by atoms with Crippen LogP contribution in [0, 0.1) is 40.4 Å². The van der Waals surface area contributed by atoms with E-state index in [0.29, 0.717) is 54.1 Å². The third-order valence-corrected chi connectivity index (χ3v) is 17.2. The molecule has 9 rings (SSSR count). The van der Waals surface area contributed by atoms with Crippen LogP contribution in [0.2, 0.25) is 0 Å². The Balaban J connectivity index is 0.792. The molecule has 1 aliphatic heterocycles. The summed E-state index contributed by atoms with van der Waals surface area (Å²) in [5, 5.41) is 27.4. The van der Waals surface area contributed by atoms with Crippen molar-refractivity contribution >= 4 is 16.7 Å². The number of epoxide rings is 1. The van der Waals surface area contributed by atoms with Crippen LogP contribution in [0.1, 0.15) is 140 Å². The molecule has 6 fully saturated rings. The van der Waals surface area contributed by atoms with Gasteiger partial charge in [-0.25, -0.2) is 0 Å². The molecule has 1 spiro atoms. The lowest BCUT2D eigenvalue weighted by molar-refractivity contribution is -0.0693. The molecule has 0 bridgehead atoms. The molecule has 2 aromatic carbocycles. The van der Waals surface area contributed by atoms with Gasteiger partial charge in [0.1, 0.15) is 0 Å². The van der Waals surface area contributed by atoms with E-state index in [2.05, 4.69) is 67.7 Å². The van der Waals surface area contributed by atoms with E-state index in [1.54, 1.807) is 0 Å². The summed E-state index contributed by atoms with van der Waals surface area (Å²) >= 11 is 0. The Morgan fingerprint density at radius 2 is 1.83 bits per heavy atom. The Hall–Kier alpha value is -3.13. The minimum Gasteiger partial charge on any atom is -0.471 e. The van der Waals surface area contributed by atoms with Crippen LogP contribution in [0.4, 0.5) is 0 Å². The van der Waals surface area contributed by atoms with Gasteiger partial charge in [-0.15, -0.1) is 0 Å². The van der Waals surface area contributed by atoms with Gasteiger partial charge < -0.3 is 30.4 Å². The number of ether oxygens (including phenoxy) is 1. The topological polar surface area (TPSA) is 117 Å². The van der Waals surface area contributed by atoms with E-state index in [4.69, 9.17) is 26.5 Å². The Kier molecular flexibility index (Phi) is 11.1. The van der Waals surface area contributed by atoms with E-state index < -0.39 is 5.60 Å². The molecule has 5 aliphatic carbocycles. The van der Waals surface area contributed by atoms with E-state index >= 15 is 0 Å². The maximum absolute atomic E-state index is 11.3. The van der Waals surface area contributed by atoms with Gasteiger partial charge in [-0.1, -0.05) is 67.6 Å². The molecule has 1 saturated heterocycles. The Morgan fingerprint density at radius 3 is 2.67 bits per heavy atom. The van der Waals surface area contributed by atoms with E-state index in [1.165, 1.54) is 73.5 Å². The highest BCUT2D eigenvalue weighted by Gasteiger charge is 2.67. The number of nitrogens with one attached hydrogen (secondary N) is 1. The second-order valence-electron chi connectivity index (χ2n) is 21.0. The smallest absolute Gasteiger partial charge is 0.188 e. The van der Waals surface area contributed by atoms with E-state index in [1.807, 2.05) is 12.5 Å². The zero-order chi connectivity index (χ0) is 40.1. The minimum atomic E-state index is -0.678. The number of aliphatic hydroxyl groups excluding tert-OH is 1. The predicted octanol–water partition coefficient (Wildman–Crippen LogP) is 10.2. The number of nitrogens with zero attached hydrogens (tertiary/aromatic N) is 1. The van der Waals surface area contributed by atoms with Crippen molar-refractivity contribution in [2.24, 2.45) is 51.1 Å². The summed E-state index contributed by atoms with van der Waals surface area (Å²) in [6.45, 7) is 11.4. The first-order valence-electron chi connectivity index (χ1n) is 23.2. The van der Waals surface area contributed by atoms with Crippen molar-refractivity contribution in [3.05, 3.63) is 84.3 Å². The number of rotatable bonds is 12. The first-order valence-corrected chi connectivity index (χ1v) is 23.2. The summed E-state index contributed by atoms with van der Waals surface area (Å²) in [4.78, 5) is 4.95. The predicted molar refractivity (Wildman–Crippen MR) is 233 cm³/mol. The maximum Gasteiger partial charge on any atom is 0.188 e. The maximum atomic E-state index is 11.3. The van der Waals surface area contributed by atoms with Crippen LogP contribution < -0.4 is 11.1 Å². The molecule has 2 heterocycles. The number of guanidine groups is 1. The number of fused-ring (bicyclic) bond motifs is 4. The van der Waals surface area contributed by atoms with Gasteiger partial charge in [0.25, 0.3) is 0 Å². The number of hydrogen-bond acceptors (Lipinski definition) is 5. The summed E-state index contributed by atoms with van der Waals surface area (Å²) < 4.78 is 12.4. The normalized spacial score (nSPS) is 39.3. The molecule has 0 radical (unpaired) electrons. The second kappa shape index (κ2) is 16.0. The molecule has 3 aromatic rings. The third kappa shape index (κ3) is 8.06. The lowest BCUT2D eigenvalue weighted by Crippen LogP contribution is -2.51. The van der Waals surface area contributed by atoms with Crippen molar-refractivity contribution in [1.29, 1.82) is 0 Å². The van der Waals surface area contributed by atoms with Crippen LogP contribution in [-0.4, -0.2) is 52.7 Å². The molecule has 58 heavy (non-hydrogen) atoms. The molecule has 6 aliphatic rings. The monoisotopic (exact) mass is 790 g/mol. The van der Waals surface area contributed by atoms with Gasteiger partial charge in [0.15, 0.2) is 5.96 Å². The quantitative estimate of drug-likeness (QED) is 0.0629. The Morgan fingerprint density at radius 1 is 0.966 bits per heavy atom. The van der Waals surface area contributed by atoms with E-state index in [9.17, 15) is 10.2 Å². The molecular formula is C51H71N3O4. The molecular weight excluding hydrogens is 719 g/mol. The zero-order valence-electron chi connectivity index (χ0n) is 35.5. The van der Waals surface area contributed by atoms with Gasteiger partial charge in [0.2, 0.25) is 0 Å². The highest BCUT2D eigenvalue weighted by Crippen LogP contribution is 2.69. The number of aliphatic imine (C=N–C) groups is 1. The summed E-state index contributed by atoms with van der Waals surface area (Å²) in [5.41, 5.74) is 10.6. The average molecular weight is 790 g/mol. The fourth-order valence-corrected chi connectivity index (χ4v) is 13.8. The standard InChI is InChI=1S/C51H71N3O4/c1-34-26-50(23-18-36(27-50)19-24-51(56)21-8-12-41(55)28-51)46-49(3,58-46)22-20-45-43(34)29-48(45,2)40-17-15-37(25-40)30-53-47(52)54-31-38(16-14-35-9-5-4-6-10-35)42-13-7-11-39-32-57-33-44(39)42/h4-7,9-11,13,32-33,36-38,40-41,43,45-46,55-56H,1,8,12,14-31H2,2-3H3,(H3,52,53,54)/t36-,37+,38+,40-,41+,43-,45-,46-,48-,49-,50-,51+/m1/s1. The fourth-order valence-electron chi connectivity index (χ4n) is 13.8. The van der Waals surface area contributed by atoms with Crippen LogP contribution in [0.3, 0.4) is 0 Å². The average Bonchev–Trinajstić information content (AvgIpc) is 3.65. The van der Waals surface area contributed by atoms with Crippen molar-refractivity contribution in [2.75, 3.05) is 13.1 Å². The molecule has 314 valence electrons. The molecule has 7 heteroatoms. The number of allylic oxidation sites excluding steroid dienone is 1. The first-order chi connectivity index (χ1) is 27.9. The van der Waals surface area contributed by atoms with E-state index in [-0.39, 0.29) is 23.0 Å². The molecule has 5 N–H and O–H groups in total. The Labute approximate surface area is 347 Å². The lowest BCUT2D eigenvalue weighted by Gasteiger charge is -2.58. The molecule has 0 amide bonds. The highest BCUT2D eigenvalue weighted by atomic mass is 16.6. The molecule has 5 saturated carbocycles. The highest BCUT2D eigenvalue weighted by molar-refractivity contribution is 5.85. The van der Waals surface area contributed by atoms with Crippen molar-refractivity contribution in [1.82, 2.24) is 5.32 Å². The Bertz CT molecular complexity index is 1940. The molecule has 1 aromatic heterocycles. The van der Waals surface area contributed by atoms with Crippen LogP contribution in [0.25, 0.3) is 10.8 Å². The van der Waals surface area contributed by atoms with Crippen LogP contribution in [-0.2, 0) is 11.2 Å². The van der Waals surface area contributed by atoms with Crippen molar-refractivity contribution in [2.45, 2.75) is 159 Å². The van der Waals surface area contributed by atoms with Crippen LogP contribution >= 0.6 is 0 Å². The third-order valence-electron chi connectivity index (χ3n) is 17.2. The zero-order valence-corrected chi connectivity index (χ0v) is 35.5. The number of hydrogen-bond donors (Lipinski definition) is 4. The van der Waals surface area contributed by atoms with Gasteiger partial charge in [0, 0.05) is 41.6 Å².